The Kier molecular flexibility index (Phi) is 3.64. The molecule has 0 spiro atoms. The molecular formula is C12H17N3O3. The maximum Gasteiger partial charge on any atom is 0.326 e. The molecule has 1 aromatic heterocycles. The molecule has 0 bridgehead atoms. The SMILES string of the molecule is CCCn1cc(C(=O)N2CCC[C@@H]2C(=O)O)cn1. The quantitative estimate of drug-likeness (QED) is 0.865. The van der Waals surface area contributed by atoms with E-state index in [4.69, 9.17) is 5.11 Å². The van der Waals surface area contributed by atoms with E-state index >= 15 is 0 Å². The molecule has 0 saturated carbocycles. The third kappa shape index (κ3) is 2.37. The van der Waals surface area contributed by atoms with Crippen molar-refractivity contribution in [1.82, 2.24) is 14.7 Å². The predicted octanol–water partition coefficient (Wildman–Crippen LogP) is 0.982. The van der Waals surface area contributed by atoms with Gasteiger partial charge in [-0.25, -0.2) is 4.79 Å². The van der Waals surface area contributed by atoms with Crippen LogP contribution < -0.4 is 0 Å². The van der Waals surface area contributed by atoms with Crippen molar-refractivity contribution in [2.45, 2.75) is 38.8 Å². The van der Waals surface area contributed by atoms with Gasteiger partial charge in [0, 0.05) is 19.3 Å². The van der Waals surface area contributed by atoms with Gasteiger partial charge in [0.25, 0.3) is 5.91 Å². The van der Waals surface area contributed by atoms with Crippen LogP contribution in [0.25, 0.3) is 0 Å². The fourth-order valence-corrected chi connectivity index (χ4v) is 2.26. The van der Waals surface area contributed by atoms with E-state index in [1.807, 2.05) is 6.92 Å². The van der Waals surface area contributed by atoms with Crippen molar-refractivity contribution in [2.24, 2.45) is 0 Å². The van der Waals surface area contributed by atoms with Crippen LogP contribution >= 0.6 is 0 Å². The first-order valence-electron chi connectivity index (χ1n) is 6.19. The van der Waals surface area contributed by atoms with E-state index in [1.54, 1.807) is 10.9 Å². The molecule has 1 aromatic rings. The number of aromatic nitrogens is 2. The van der Waals surface area contributed by atoms with Gasteiger partial charge in [0.2, 0.25) is 0 Å². The number of hydrogen-bond acceptors (Lipinski definition) is 3. The molecular weight excluding hydrogens is 234 g/mol. The summed E-state index contributed by atoms with van der Waals surface area (Å²) in [5, 5.41) is 13.1. The number of likely N-dealkylation sites (tertiary alicyclic amines) is 1. The summed E-state index contributed by atoms with van der Waals surface area (Å²) >= 11 is 0. The smallest absolute Gasteiger partial charge is 0.326 e. The number of nitrogens with zero attached hydrogens (tertiary/aromatic N) is 3. The van der Waals surface area contributed by atoms with Crippen LogP contribution in [-0.2, 0) is 11.3 Å². The van der Waals surface area contributed by atoms with Crippen LogP contribution in [0.1, 0.15) is 36.5 Å². The van der Waals surface area contributed by atoms with Gasteiger partial charge in [0.15, 0.2) is 0 Å². The summed E-state index contributed by atoms with van der Waals surface area (Å²) in [5.74, 6) is -1.16. The summed E-state index contributed by atoms with van der Waals surface area (Å²) in [6, 6.07) is -0.688. The van der Waals surface area contributed by atoms with Crippen LogP contribution in [0.4, 0.5) is 0 Å². The van der Waals surface area contributed by atoms with Gasteiger partial charge in [0.05, 0.1) is 11.8 Å². The lowest BCUT2D eigenvalue weighted by Gasteiger charge is -2.20. The average molecular weight is 251 g/mol. The normalized spacial score (nSPS) is 19.2. The summed E-state index contributed by atoms with van der Waals surface area (Å²) in [6.45, 7) is 3.30. The van der Waals surface area contributed by atoms with Crippen molar-refractivity contribution in [3.8, 4) is 0 Å². The van der Waals surface area contributed by atoms with Crippen LogP contribution in [0.15, 0.2) is 12.4 Å². The molecule has 98 valence electrons. The van der Waals surface area contributed by atoms with E-state index in [1.165, 1.54) is 11.1 Å². The van der Waals surface area contributed by atoms with Crippen LogP contribution in [0.3, 0.4) is 0 Å². The highest BCUT2D eigenvalue weighted by molar-refractivity contribution is 5.96. The number of aliphatic carboxylic acids is 1. The molecule has 6 heteroatoms. The molecule has 1 amide bonds. The number of aryl methyl sites for hydroxylation is 1. The van der Waals surface area contributed by atoms with E-state index in [0.29, 0.717) is 18.5 Å². The zero-order valence-corrected chi connectivity index (χ0v) is 10.4. The minimum Gasteiger partial charge on any atom is -0.480 e. The number of carboxylic acid groups (broad SMARTS) is 1. The highest BCUT2D eigenvalue weighted by Crippen LogP contribution is 2.20. The minimum absolute atomic E-state index is 0.234. The van der Waals surface area contributed by atoms with E-state index in [9.17, 15) is 9.59 Å². The second-order valence-corrected chi connectivity index (χ2v) is 4.49. The lowest BCUT2D eigenvalue weighted by atomic mass is 10.2. The first-order valence-corrected chi connectivity index (χ1v) is 6.19. The van der Waals surface area contributed by atoms with Crippen molar-refractivity contribution in [2.75, 3.05) is 6.54 Å². The zero-order chi connectivity index (χ0) is 13.1. The van der Waals surface area contributed by atoms with Gasteiger partial charge in [-0.3, -0.25) is 9.48 Å². The number of rotatable bonds is 4. The summed E-state index contributed by atoms with van der Waals surface area (Å²) in [7, 11) is 0. The molecule has 0 aliphatic carbocycles. The number of carboxylic acids is 1. The Morgan fingerprint density at radius 3 is 3.00 bits per heavy atom. The molecule has 2 rings (SSSR count). The molecule has 1 N–H and O–H groups in total. The Morgan fingerprint density at radius 2 is 2.33 bits per heavy atom. The summed E-state index contributed by atoms with van der Waals surface area (Å²) < 4.78 is 1.71. The second kappa shape index (κ2) is 5.20. The number of amides is 1. The Balaban J connectivity index is 2.12. The third-order valence-corrected chi connectivity index (χ3v) is 3.13. The molecule has 0 radical (unpaired) electrons. The molecule has 1 aliphatic heterocycles. The van der Waals surface area contributed by atoms with Crippen LogP contribution in [0.2, 0.25) is 0 Å². The van der Waals surface area contributed by atoms with E-state index < -0.39 is 12.0 Å². The van der Waals surface area contributed by atoms with E-state index in [2.05, 4.69) is 5.10 Å². The molecule has 18 heavy (non-hydrogen) atoms. The molecule has 1 atom stereocenters. The van der Waals surface area contributed by atoms with Crippen LogP contribution in [0.5, 0.6) is 0 Å². The number of carbonyl (C=O) groups excluding carboxylic acids is 1. The lowest BCUT2D eigenvalue weighted by molar-refractivity contribution is -0.141. The van der Waals surface area contributed by atoms with Crippen molar-refractivity contribution >= 4 is 11.9 Å². The van der Waals surface area contributed by atoms with E-state index in [0.717, 1.165) is 19.4 Å². The second-order valence-electron chi connectivity index (χ2n) is 4.49. The van der Waals surface area contributed by atoms with Gasteiger partial charge >= 0.3 is 5.97 Å². The standard InChI is InChI=1S/C12H17N3O3/c1-2-5-14-8-9(7-13-14)11(16)15-6-3-4-10(15)12(17)18/h7-8,10H,2-6H2,1H3,(H,17,18)/t10-/m1/s1. The zero-order valence-electron chi connectivity index (χ0n) is 10.4. The highest BCUT2D eigenvalue weighted by Gasteiger charge is 2.34. The topological polar surface area (TPSA) is 75.4 Å². The van der Waals surface area contributed by atoms with Gasteiger partial charge in [-0.2, -0.15) is 5.10 Å². The molecule has 1 fully saturated rings. The number of carbonyl (C=O) groups is 2. The van der Waals surface area contributed by atoms with Gasteiger partial charge in [-0.1, -0.05) is 6.92 Å². The predicted molar refractivity (Wildman–Crippen MR) is 64.2 cm³/mol. The maximum atomic E-state index is 12.2. The third-order valence-electron chi connectivity index (χ3n) is 3.13. The van der Waals surface area contributed by atoms with Crippen molar-refractivity contribution in [3.05, 3.63) is 18.0 Å². The first-order chi connectivity index (χ1) is 8.63. The Morgan fingerprint density at radius 1 is 1.56 bits per heavy atom. The van der Waals surface area contributed by atoms with Gasteiger partial charge in [-0.15, -0.1) is 0 Å². The average Bonchev–Trinajstić information content (AvgIpc) is 2.96. The first kappa shape index (κ1) is 12.6. The fourth-order valence-electron chi connectivity index (χ4n) is 2.26. The molecule has 2 heterocycles. The number of hydrogen-bond donors (Lipinski definition) is 1. The van der Waals surface area contributed by atoms with E-state index in [-0.39, 0.29) is 5.91 Å². The maximum absolute atomic E-state index is 12.2. The van der Waals surface area contributed by atoms with Crippen LogP contribution in [-0.4, -0.2) is 44.3 Å². The molecule has 1 aliphatic rings. The monoisotopic (exact) mass is 251 g/mol. The fraction of sp³-hybridized carbons (Fsp3) is 0.583. The molecule has 0 aromatic carbocycles. The summed E-state index contributed by atoms with van der Waals surface area (Å²) in [5.41, 5.74) is 0.469. The Hall–Kier alpha value is -1.85. The molecule has 1 saturated heterocycles. The van der Waals surface area contributed by atoms with Crippen molar-refractivity contribution in [3.63, 3.8) is 0 Å². The largest absolute Gasteiger partial charge is 0.480 e. The molecule has 0 unspecified atom stereocenters. The minimum atomic E-state index is -0.929. The summed E-state index contributed by atoms with van der Waals surface area (Å²) in [6.07, 6.45) is 5.41. The highest BCUT2D eigenvalue weighted by atomic mass is 16.4. The Labute approximate surface area is 105 Å². The Bertz CT molecular complexity index is 455. The van der Waals surface area contributed by atoms with Gasteiger partial charge < -0.3 is 10.0 Å². The van der Waals surface area contributed by atoms with Gasteiger partial charge in [-0.05, 0) is 19.3 Å². The van der Waals surface area contributed by atoms with Crippen molar-refractivity contribution < 1.29 is 14.7 Å². The molecule has 6 nitrogen and oxygen atoms in total. The summed E-state index contributed by atoms with van der Waals surface area (Å²) in [4.78, 5) is 24.7. The lowest BCUT2D eigenvalue weighted by Crippen LogP contribution is -2.40. The van der Waals surface area contributed by atoms with Gasteiger partial charge in [0.1, 0.15) is 6.04 Å². The van der Waals surface area contributed by atoms with Crippen molar-refractivity contribution in [1.29, 1.82) is 0 Å². The van der Waals surface area contributed by atoms with Crippen LogP contribution in [0, 0.1) is 0 Å².